The fraction of sp³-hybridized carbons (Fsp3) is 0.333. The van der Waals surface area contributed by atoms with Crippen LogP contribution in [0.15, 0.2) is 36.5 Å². The summed E-state index contributed by atoms with van der Waals surface area (Å²) in [6.45, 7) is 4.71. The van der Waals surface area contributed by atoms with Crippen molar-refractivity contribution in [2.24, 2.45) is 0 Å². The summed E-state index contributed by atoms with van der Waals surface area (Å²) >= 11 is 12.0. The van der Waals surface area contributed by atoms with Gasteiger partial charge in [0.15, 0.2) is 0 Å². The second kappa shape index (κ2) is 9.19. The topological polar surface area (TPSA) is 66.5 Å². The second-order valence-electron chi connectivity index (χ2n) is 5.92. The number of pyridine rings is 1. The average molecular weight is 395 g/mol. The third-order valence-electron chi connectivity index (χ3n) is 3.97. The van der Waals surface area contributed by atoms with E-state index < -0.39 is 0 Å². The van der Waals surface area contributed by atoms with Gasteiger partial charge in [-0.1, -0.05) is 23.2 Å². The highest BCUT2D eigenvalue weighted by atomic mass is 35.5. The summed E-state index contributed by atoms with van der Waals surface area (Å²) in [5.74, 6) is 0.414. The first-order chi connectivity index (χ1) is 12.6. The Morgan fingerprint density at radius 3 is 2.62 bits per heavy atom. The van der Waals surface area contributed by atoms with Crippen molar-refractivity contribution in [1.29, 1.82) is 0 Å². The monoisotopic (exact) mass is 394 g/mol. The molecule has 0 spiro atoms. The van der Waals surface area contributed by atoms with Gasteiger partial charge < -0.3 is 15.4 Å². The van der Waals surface area contributed by atoms with Crippen LogP contribution in [-0.4, -0.2) is 55.2 Å². The van der Waals surface area contributed by atoms with Gasteiger partial charge in [0, 0.05) is 53.7 Å². The van der Waals surface area contributed by atoms with Gasteiger partial charge in [-0.3, -0.25) is 9.69 Å². The minimum absolute atomic E-state index is 0.132. The zero-order valence-corrected chi connectivity index (χ0v) is 15.7. The molecular weight excluding hydrogens is 375 g/mol. The van der Waals surface area contributed by atoms with Crippen LogP contribution in [0.1, 0.15) is 10.4 Å². The number of carbonyl (C=O) groups excluding carboxylic acids is 1. The van der Waals surface area contributed by atoms with E-state index in [1.165, 1.54) is 0 Å². The van der Waals surface area contributed by atoms with Crippen LogP contribution in [-0.2, 0) is 4.74 Å². The molecule has 1 aromatic heterocycles. The summed E-state index contributed by atoms with van der Waals surface area (Å²) in [7, 11) is 0. The van der Waals surface area contributed by atoms with Crippen molar-refractivity contribution in [3.63, 3.8) is 0 Å². The second-order valence-corrected chi connectivity index (χ2v) is 6.80. The molecule has 1 fully saturated rings. The number of anilines is 2. The lowest BCUT2D eigenvalue weighted by Gasteiger charge is -2.26. The normalized spacial score (nSPS) is 14.8. The summed E-state index contributed by atoms with van der Waals surface area (Å²) in [6.07, 6.45) is 1.59. The van der Waals surface area contributed by atoms with Crippen LogP contribution >= 0.6 is 23.2 Å². The number of nitrogens with zero attached hydrogens (tertiary/aromatic N) is 2. The molecule has 2 heterocycles. The molecule has 0 unspecified atom stereocenters. The van der Waals surface area contributed by atoms with Crippen molar-refractivity contribution >= 4 is 40.6 Å². The fourth-order valence-corrected chi connectivity index (χ4v) is 3.19. The van der Waals surface area contributed by atoms with Crippen LogP contribution in [0.3, 0.4) is 0 Å². The van der Waals surface area contributed by atoms with Gasteiger partial charge in [0.1, 0.15) is 5.82 Å². The number of hydrogen-bond acceptors (Lipinski definition) is 5. The summed E-state index contributed by atoms with van der Waals surface area (Å²) < 4.78 is 5.31. The number of nitrogens with one attached hydrogen (secondary N) is 2. The van der Waals surface area contributed by atoms with Crippen LogP contribution < -0.4 is 10.6 Å². The Bertz CT molecular complexity index is 746. The molecule has 2 N–H and O–H groups in total. The van der Waals surface area contributed by atoms with E-state index >= 15 is 0 Å². The number of rotatable bonds is 6. The molecule has 1 aromatic carbocycles. The average Bonchev–Trinajstić information content (AvgIpc) is 2.62. The molecule has 0 radical (unpaired) electrons. The van der Waals surface area contributed by atoms with E-state index in [-0.39, 0.29) is 5.91 Å². The molecule has 1 amide bonds. The standard InChI is InChI=1S/C18H20Cl2N4O2/c19-14-10-15(20)12-16(11-14)23-17-9-13(1-2-21-17)18(25)22-3-4-24-5-7-26-8-6-24/h1-2,9-12H,3-8H2,(H,21,23)(H,22,25). The van der Waals surface area contributed by atoms with Crippen LogP contribution in [0, 0.1) is 0 Å². The molecule has 0 atom stereocenters. The maximum atomic E-state index is 12.3. The highest BCUT2D eigenvalue weighted by Crippen LogP contribution is 2.24. The predicted octanol–water partition coefficient (Wildman–Crippen LogP) is 3.19. The Balaban J connectivity index is 1.56. The van der Waals surface area contributed by atoms with E-state index in [2.05, 4.69) is 20.5 Å². The summed E-state index contributed by atoms with van der Waals surface area (Å²) in [4.78, 5) is 18.8. The zero-order valence-electron chi connectivity index (χ0n) is 14.2. The summed E-state index contributed by atoms with van der Waals surface area (Å²) in [5.41, 5.74) is 1.25. The molecule has 1 saturated heterocycles. The number of aromatic nitrogens is 1. The Morgan fingerprint density at radius 1 is 1.15 bits per heavy atom. The molecule has 8 heteroatoms. The minimum Gasteiger partial charge on any atom is -0.379 e. The van der Waals surface area contributed by atoms with Crippen LogP contribution in [0.25, 0.3) is 0 Å². The van der Waals surface area contributed by atoms with E-state index in [1.54, 1.807) is 36.5 Å². The number of morpholine rings is 1. The number of halogens is 2. The summed E-state index contributed by atoms with van der Waals surface area (Å²) in [5, 5.41) is 7.09. The van der Waals surface area contributed by atoms with E-state index in [1.807, 2.05) is 0 Å². The lowest BCUT2D eigenvalue weighted by molar-refractivity contribution is 0.0383. The van der Waals surface area contributed by atoms with Crippen LogP contribution in [0.5, 0.6) is 0 Å². The van der Waals surface area contributed by atoms with Gasteiger partial charge >= 0.3 is 0 Å². The van der Waals surface area contributed by atoms with Crippen molar-refractivity contribution < 1.29 is 9.53 Å². The number of carbonyl (C=O) groups is 1. The van der Waals surface area contributed by atoms with Crippen molar-refractivity contribution in [1.82, 2.24) is 15.2 Å². The van der Waals surface area contributed by atoms with Gasteiger partial charge in [-0.15, -0.1) is 0 Å². The third-order valence-corrected chi connectivity index (χ3v) is 4.41. The molecule has 0 aliphatic carbocycles. The lowest BCUT2D eigenvalue weighted by Crippen LogP contribution is -2.41. The molecule has 6 nitrogen and oxygen atoms in total. The van der Waals surface area contributed by atoms with Crippen molar-refractivity contribution in [2.75, 3.05) is 44.7 Å². The van der Waals surface area contributed by atoms with Crippen LogP contribution in [0.2, 0.25) is 10.0 Å². The molecule has 26 heavy (non-hydrogen) atoms. The maximum absolute atomic E-state index is 12.3. The van der Waals surface area contributed by atoms with E-state index in [0.717, 1.165) is 32.8 Å². The van der Waals surface area contributed by atoms with Crippen LogP contribution in [0.4, 0.5) is 11.5 Å². The maximum Gasteiger partial charge on any atom is 0.251 e. The van der Waals surface area contributed by atoms with Gasteiger partial charge in [-0.05, 0) is 30.3 Å². The first-order valence-corrected chi connectivity index (χ1v) is 9.13. The molecule has 0 bridgehead atoms. The van der Waals surface area contributed by atoms with Gasteiger partial charge in [-0.2, -0.15) is 0 Å². The molecule has 1 aliphatic heterocycles. The Hall–Kier alpha value is -1.86. The van der Waals surface area contributed by atoms with Gasteiger partial charge in [0.2, 0.25) is 0 Å². The highest BCUT2D eigenvalue weighted by molar-refractivity contribution is 6.35. The molecule has 3 rings (SSSR count). The van der Waals surface area contributed by atoms with Crippen molar-refractivity contribution in [3.8, 4) is 0 Å². The van der Waals surface area contributed by atoms with E-state index in [0.29, 0.717) is 33.7 Å². The first-order valence-electron chi connectivity index (χ1n) is 8.37. The van der Waals surface area contributed by atoms with Gasteiger partial charge in [0.25, 0.3) is 5.91 Å². The van der Waals surface area contributed by atoms with E-state index in [4.69, 9.17) is 27.9 Å². The SMILES string of the molecule is O=C(NCCN1CCOCC1)c1ccnc(Nc2cc(Cl)cc(Cl)c2)c1. The van der Waals surface area contributed by atoms with Gasteiger partial charge in [-0.25, -0.2) is 4.98 Å². The zero-order chi connectivity index (χ0) is 18.4. The Labute approximate surface area is 162 Å². The highest BCUT2D eigenvalue weighted by Gasteiger charge is 2.11. The third kappa shape index (κ3) is 5.57. The predicted molar refractivity (Wildman–Crippen MR) is 104 cm³/mol. The molecule has 0 saturated carbocycles. The summed E-state index contributed by atoms with van der Waals surface area (Å²) in [6, 6.07) is 8.51. The minimum atomic E-state index is -0.132. The number of amides is 1. The molecular formula is C18H20Cl2N4O2. The Morgan fingerprint density at radius 2 is 1.88 bits per heavy atom. The smallest absolute Gasteiger partial charge is 0.251 e. The van der Waals surface area contributed by atoms with Crippen molar-refractivity contribution in [3.05, 3.63) is 52.1 Å². The fourth-order valence-electron chi connectivity index (χ4n) is 2.67. The molecule has 2 aromatic rings. The number of benzene rings is 1. The number of hydrogen-bond donors (Lipinski definition) is 2. The van der Waals surface area contributed by atoms with Crippen molar-refractivity contribution in [2.45, 2.75) is 0 Å². The first kappa shape index (κ1) is 18.9. The largest absolute Gasteiger partial charge is 0.379 e. The lowest BCUT2D eigenvalue weighted by atomic mass is 10.2. The quantitative estimate of drug-likeness (QED) is 0.787. The molecule has 1 aliphatic rings. The molecule has 138 valence electrons. The Kier molecular flexibility index (Phi) is 6.68. The van der Waals surface area contributed by atoms with E-state index in [9.17, 15) is 4.79 Å². The van der Waals surface area contributed by atoms with Gasteiger partial charge in [0.05, 0.1) is 13.2 Å². The number of ether oxygens (including phenoxy) is 1.